The van der Waals surface area contributed by atoms with Gasteiger partial charge in [0.1, 0.15) is 11.6 Å². The van der Waals surface area contributed by atoms with E-state index >= 15 is 0 Å². The van der Waals surface area contributed by atoms with Crippen molar-refractivity contribution >= 4 is 0 Å². The fraction of sp³-hybridized carbons (Fsp3) is 0.571. The van der Waals surface area contributed by atoms with Gasteiger partial charge in [-0.2, -0.15) is 0 Å². The number of nitrogens with zero attached hydrogens (tertiary/aromatic N) is 2. The minimum absolute atomic E-state index is 0.129. The van der Waals surface area contributed by atoms with Crippen molar-refractivity contribution in [3.8, 4) is 0 Å². The standard InChI is InChI=1S/C14H20F2N2O2/c15-11-1-2-12(13(16)9-11)14(20)10-18-5-3-17(4-6-18)7-8-19/h1-2,9,14,19-20H,3-8,10H2. The van der Waals surface area contributed by atoms with E-state index in [2.05, 4.69) is 4.90 Å². The van der Waals surface area contributed by atoms with E-state index in [0.29, 0.717) is 13.1 Å². The summed E-state index contributed by atoms with van der Waals surface area (Å²) < 4.78 is 26.4. The molecule has 1 aliphatic heterocycles. The highest BCUT2D eigenvalue weighted by Gasteiger charge is 2.21. The first-order valence-corrected chi connectivity index (χ1v) is 6.78. The molecule has 0 radical (unpaired) electrons. The molecular weight excluding hydrogens is 266 g/mol. The SMILES string of the molecule is OCCN1CCN(CC(O)c2ccc(F)cc2F)CC1. The highest BCUT2D eigenvalue weighted by Crippen LogP contribution is 2.19. The Morgan fingerprint density at radius 2 is 1.75 bits per heavy atom. The van der Waals surface area contributed by atoms with Gasteiger partial charge >= 0.3 is 0 Å². The molecule has 1 unspecified atom stereocenters. The van der Waals surface area contributed by atoms with E-state index in [1.54, 1.807) is 0 Å². The molecule has 0 saturated carbocycles. The van der Waals surface area contributed by atoms with Crippen LogP contribution in [-0.4, -0.2) is 65.9 Å². The van der Waals surface area contributed by atoms with Crippen LogP contribution < -0.4 is 0 Å². The summed E-state index contributed by atoms with van der Waals surface area (Å²) in [5, 5.41) is 18.9. The molecule has 4 nitrogen and oxygen atoms in total. The van der Waals surface area contributed by atoms with Gasteiger partial charge in [0.25, 0.3) is 0 Å². The predicted molar refractivity (Wildman–Crippen MR) is 71.3 cm³/mol. The Hall–Kier alpha value is -1.08. The van der Waals surface area contributed by atoms with Crippen molar-refractivity contribution in [1.82, 2.24) is 9.80 Å². The Bertz CT molecular complexity index is 437. The molecule has 1 aromatic rings. The Kier molecular flexibility index (Phi) is 5.42. The highest BCUT2D eigenvalue weighted by molar-refractivity contribution is 5.21. The molecule has 0 amide bonds. The lowest BCUT2D eigenvalue weighted by Gasteiger charge is -2.35. The summed E-state index contributed by atoms with van der Waals surface area (Å²) in [5.41, 5.74) is 0.129. The smallest absolute Gasteiger partial charge is 0.131 e. The van der Waals surface area contributed by atoms with Gasteiger partial charge in [0.2, 0.25) is 0 Å². The zero-order chi connectivity index (χ0) is 14.5. The van der Waals surface area contributed by atoms with E-state index < -0.39 is 17.7 Å². The maximum absolute atomic E-state index is 13.6. The lowest BCUT2D eigenvalue weighted by Crippen LogP contribution is -2.48. The second kappa shape index (κ2) is 7.08. The quantitative estimate of drug-likeness (QED) is 0.832. The van der Waals surface area contributed by atoms with Crippen LogP contribution in [0, 0.1) is 11.6 Å². The molecule has 1 fully saturated rings. The van der Waals surface area contributed by atoms with Crippen molar-refractivity contribution in [2.45, 2.75) is 6.10 Å². The van der Waals surface area contributed by atoms with Crippen molar-refractivity contribution in [3.63, 3.8) is 0 Å². The van der Waals surface area contributed by atoms with Crippen LogP contribution in [-0.2, 0) is 0 Å². The van der Waals surface area contributed by atoms with E-state index in [9.17, 15) is 13.9 Å². The van der Waals surface area contributed by atoms with E-state index in [0.717, 1.165) is 38.3 Å². The number of halogens is 2. The number of hydrogen-bond acceptors (Lipinski definition) is 4. The first-order chi connectivity index (χ1) is 9.60. The number of aliphatic hydroxyl groups is 2. The van der Waals surface area contributed by atoms with Crippen LogP contribution in [0.15, 0.2) is 18.2 Å². The lowest BCUT2D eigenvalue weighted by atomic mass is 10.1. The first kappa shape index (κ1) is 15.3. The third-order valence-electron chi connectivity index (χ3n) is 3.63. The summed E-state index contributed by atoms with van der Waals surface area (Å²) in [5.74, 6) is -1.35. The molecule has 1 heterocycles. The van der Waals surface area contributed by atoms with Crippen molar-refractivity contribution in [2.24, 2.45) is 0 Å². The zero-order valence-corrected chi connectivity index (χ0v) is 11.3. The molecule has 0 bridgehead atoms. The van der Waals surface area contributed by atoms with Crippen LogP contribution in [0.1, 0.15) is 11.7 Å². The van der Waals surface area contributed by atoms with E-state index in [1.807, 2.05) is 4.90 Å². The van der Waals surface area contributed by atoms with Crippen LogP contribution in [0.5, 0.6) is 0 Å². The maximum Gasteiger partial charge on any atom is 0.131 e. The van der Waals surface area contributed by atoms with Gasteiger partial charge in [0.05, 0.1) is 12.7 Å². The van der Waals surface area contributed by atoms with Crippen LogP contribution in [0.4, 0.5) is 8.78 Å². The monoisotopic (exact) mass is 286 g/mol. The van der Waals surface area contributed by atoms with Crippen molar-refractivity contribution in [3.05, 3.63) is 35.4 Å². The number of benzene rings is 1. The number of β-amino-alcohol motifs (C(OH)–C–C–N with tert-alkyl or cyclic N) is 2. The summed E-state index contributed by atoms with van der Waals surface area (Å²) in [6.07, 6.45) is -0.958. The third kappa shape index (κ3) is 3.96. The van der Waals surface area contributed by atoms with Gasteiger partial charge in [0.15, 0.2) is 0 Å². The molecule has 1 aromatic carbocycles. The van der Waals surface area contributed by atoms with Gasteiger partial charge in [0, 0.05) is 50.9 Å². The minimum Gasteiger partial charge on any atom is -0.395 e. The molecule has 1 atom stereocenters. The molecular formula is C14H20F2N2O2. The van der Waals surface area contributed by atoms with Crippen LogP contribution >= 0.6 is 0 Å². The second-order valence-electron chi connectivity index (χ2n) is 5.05. The summed E-state index contributed by atoms with van der Waals surface area (Å²) in [7, 11) is 0. The normalized spacial score (nSPS) is 19.2. The fourth-order valence-corrected chi connectivity index (χ4v) is 2.45. The number of piperazine rings is 1. The molecule has 112 valence electrons. The van der Waals surface area contributed by atoms with Crippen LogP contribution in [0.25, 0.3) is 0 Å². The molecule has 0 spiro atoms. The Morgan fingerprint density at radius 1 is 1.10 bits per heavy atom. The van der Waals surface area contributed by atoms with Gasteiger partial charge in [-0.05, 0) is 6.07 Å². The average Bonchev–Trinajstić information content (AvgIpc) is 2.41. The molecule has 1 saturated heterocycles. The van der Waals surface area contributed by atoms with E-state index in [-0.39, 0.29) is 12.2 Å². The number of aliphatic hydroxyl groups excluding tert-OH is 2. The number of hydrogen-bond donors (Lipinski definition) is 2. The Balaban J connectivity index is 1.87. The first-order valence-electron chi connectivity index (χ1n) is 6.78. The highest BCUT2D eigenvalue weighted by atomic mass is 19.1. The Labute approximate surface area is 117 Å². The lowest BCUT2D eigenvalue weighted by molar-refractivity contribution is 0.0646. The van der Waals surface area contributed by atoms with Crippen molar-refractivity contribution < 1.29 is 19.0 Å². The van der Waals surface area contributed by atoms with Gasteiger partial charge in [-0.3, -0.25) is 9.80 Å². The van der Waals surface area contributed by atoms with Crippen molar-refractivity contribution in [2.75, 3.05) is 45.9 Å². The van der Waals surface area contributed by atoms with Gasteiger partial charge in [-0.15, -0.1) is 0 Å². The van der Waals surface area contributed by atoms with E-state index in [4.69, 9.17) is 5.11 Å². The molecule has 1 aliphatic rings. The Morgan fingerprint density at radius 3 is 2.35 bits per heavy atom. The minimum atomic E-state index is -0.958. The summed E-state index contributed by atoms with van der Waals surface area (Å²) >= 11 is 0. The average molecular weight is 286 g/mol. The zero-order valence-electron chi connectivity index (χ0n) is 11.3. The summed E-state index contributed by atoms with van der Waals surface area (Å²) in [6.45, 7) is 4.29. The largest absolute Gasteiger partial charge is 0.395 e. The second-order valence-corrected chi connectivity index (χ2v) is 5.05. The van der Waals surface area contributed by atoms with Gasteiger partial charge < -0.3 is 10.2 Å². The van der Waals surface area contributed by atoms with Crippen LogP contribution in [0.3, 0.4) is 0 Å². The maximum atomic E-state index is 13.6. The summed E-state index contributed by atoms with van der Waals surface area (Å²) in [6, 6.07) is 3.23. The fourth-order valence-electron chi connectivity index (χ4n) is 2.45. The van der Waals surface area contributed by atoms with Gasteiger partial charge in [-0.1, -0.05) is 6.07 Å². The molecule has 0 aliphatic carbocycles. The molecule has 0 aromatic heterocycles. The predicted octanol–water partition coefficient (Wildman–Crippen LogP) is 0.608. The van der Waals surface area contributed by atoms with E-state index in [1.165, 1.54) is 6.07 Å². The van der Waals surface area contributed by atoms with Gasteiger partial charge in [-0.25, -0.2) is 8.78 Å². The number of rotatable bonds is 5. The molecule has 20 heavy (non-hydrogen) atoms. The molecule has 2 rings (SSSR count). The topological polar surface area (TPSA) is 46.9 Å². The molecule has 6 heteroatoms. The van der Waals surface area contributed by atoms with Crippen molar-refractivity contribution in [1.29, 1.82) is 0 Å². The molecule has 2 N–H and O–H groups in total. The summed E-state index contributed by atoms with van der Waals surface area (Å²) in [4.78, 5) is 4.18. The third-order valence-corrected chi connectivity index (χ3v) is 3.63. The van der Waals surface area contributed by atoms with Crippen LogP contribution in [0.2, 0.25) is 0 Å².